The number of unbranched alkanes of at least 4 members (excludes halogenated alkanes) is 1. The highest BCUT2D eigenvalue weighted by Gasteiger charge is 2.63. The van der Waals surface area contributed by atoms with Crippen LogP contribution in [0.3, 0.4) is 0 Å². The van der Waals surface area contributed by atoms with Crippen molar-refractivity contribution in [2.24, 2.45) is 5.10 Å². The maximum Gasteiger partial charge on any atom is 0.438 e. The molecular weight excluding hydrogens is 353 g/mol. The Morgan fingerprint density at radius 3 is 2.50 bits per heavy atom. The summed E-state index contributed by atoms with van der Waals surface area (Å²) in [5, 5.41) is 14.1. The predicted molar refractivity (Wildman–Crippen MR) is 88.3 cm³/mol. The van der Waals surface area contributed by atoms with Gasteiger partial charge in [-0.25, -0.2) is 0 Å². The van der Waals surface area contributed by atoms with Gasteiger partial charge in [0.15, 0.2) is 11.5 Å². The van der Waals surface area contributed by atoms with E-state index in [1.165, 1.54) is 32.4 Å². The molecule has 26 heavy (non-hydrogen) atoms. The minimum atomic E-state index is -5.04. The van der Waals surface area contributed by atoms with Gasteiger partial charge < -0.3 is 14.6 Å². The van der Waals surface area contributed by atoms with Gasteiger partial charge in [0, 0.05) is 17.7 Å². The molecule has 0 aliphatic carbocycles. The summed E-state index contributed by atoms with van der Waals surface area (Å²) in [6, 6.07) is 3.94. The average molecular weight is 374 g/mol. The first kappa shape index (κ1) is 20.0. The number of halogens is 3. The van der Waals surface area contributed by atoms with Crippen molar-refractivity contribution in [3.05, 3.63) is 23.8 Å². The molecule has 0 bridgehead atoms. The number of benzene rings is 1. The number of methoxy groups -OCH3 is 2. The average Bonchev–Trinajstić information content (AvgIpc) is 2.96. The molecule has 1 aromatic rings. The number of hydrogen-bond acceptors (Lipinski definition) is 5. The van der Waals surface area contributed by atoms with E-state index in [-0.39, 0.29) is 28.5 Å². The van der Waals surface area contributed by atoms with Crippen molar-refractivity contribution in [1.29, 1.82) is 0 Å². The van der Waals surface area contributed by atoms with Crippen LogP contribution in [0.25, 0.3) is 0 Å². The Morgan fingerprint density at radius 2 is 1.96 bits per heavy atom. The molecule has 0 radical (unpaired) electrons. The molecule has 0 aromatic heterocycles. The number of carbonyl (C=O) groups is 1. The summed E-state index contributed by atoms with van der Waals surface area (Å²) in [7, 11) is 2.74. The van der Waals surface area contributed by atoms with Gasteiger partial charge in [0.25, 0.3) is 11.6 Å². The van der Waals surface area contributed by atoms with Crippen molar-refractivity contribution >= 4 is 11.6 Å². The normalized spacial score (nSPS) is 20.1. The van der Waals surface area contributed by atoms with Crippen LogP contribution in [0.5, 0.6) is 11.5 Å². The molecule has 1 aliphatic rings. The van der Waals surface area contributed by atoms with E-state index in [1.54, 1.807) is 0 Å². The number of aliphatic hydroxyl groups is 1. The minimum absolute atomic E-state index is 0.106. The molecule has 2 rings (SSSR count). The van der Waals surface area contributed by atoms with E-state index < -0.39 is 24.2 Å². The number of hydrazone groups is 1. The zero-order valence-electron chi connectivity index (χ0n) is 14.8. The molecule has 9 heteroatoms. The van der Waals surface area contributed by atoms with E-state index in [4.69, 9.17) is 9.47 Å². The van der Waals surface area contributed by atoms with Crippen LogP contribution in [-0.2, 0) is 0 Å². The highest BCUT2D eigenvalue weighted by Crippen LogP contribution is 2.42. The second-order valence-corrected chi connectivity index (χ2v) is 5.95. The van der Waals surface area contributed by atoms with Crippen LogP contribution < -0.4 is 9.47 Å². The van der Waals surface area contributed by atoms with Crippen LogP contribution >= 0.6 is 0 Å². The summed E-state index contributed by atoms with van der Waals surface area (Å²) in [5.74, 6) is -0.566. The van der Waals surface area contributed by atoms with Gasteiger partial charge in [-0.1, -0.05) is 13.3 Å². The number of alkyl halides is 3. The molecule has 6 nitrogen and oxygen atoms in total. The fraction of sp³-hybridized carbons (Fsp3) is 0.529. The van der Waals surface area contributed by atoms with Gasteiger partial charge in [-0.3, -0.25) is 4.79 Å². The molecule has 1 N–H and O–H groups in total. The molecular formula is C17H21F3N2O4. The number of carbonyl (C=O) groups excluding carboxylic acids is 1. The van der Waals surface area contributed by atoms with Crippen LogP contribution in [0.1, 0.15) is 43.0 Å². The van der Waals surface area contributed by atoms with Crippen LogP contribution in [0.2, 0.25) is 0 Å². The van der Waals surface area contributed by atoms with Crippen LogP contribution in [0.4, 0.5) is 13.2 Å². The zero-order valence-corrected chi connectivity index (χ0v) is 14.8. The number of hydrogen-bond donors (Lipinski definition) is 1. The van der Waals surface area contributed by atoms with Crippen molar-refractivity contribution in [2.45, 2.75) is 44.5 Å². The van der Waals surface area contributed by atoms with Gasteiger partial charge in [-0.05, 0) is 31.0 Å². The van der Waals surface area contributed by atoms with Gasteiger partial charge in [0.05, 0.1) is 14.2 Å². The zero-order chi connectivity index (χ0) is 19.5. The molecule has 1 atom stereocenters. The maximum absolute atomic E-state index is 13.5. The number of amides is 1. The third-order valence-electron chi connectivity index (χ3n) is 4.14. The molecule has 1 aliphatic heterocycles. The van der Waals surface area contributed by atoms with Crippen molar-refractivity contribution in [3.63, 3.8) is 0 Å². The van der Waals surface area contributed by atoms with E-state index >= 15 is 0 Å². The van der Waals surface area contributed by atoms with Crippen molar-refractivity contribution in [3.8, 4) is 11.5 Å². The van der Waals surface area contributed by atoms with Crippen LogP contribution in [-0.4, -0.2) is 47.9 Å². The summed E-state index contributed by atoms with van der Waals surface area (Å²) in [6.45, 7) is 1.89. The lowest BCUT2D eigenvalue weighted by molar-refractivity contribution is -0.297. The predicted octanol–water partition coefficient (Wildman–Crippen LogP) is 3.35. The molecule has 0 spiro atoms. The largest absolute Gasteiger partial charge is 0.493 e. The molecule has 0 saturated heterocycles. The van der Waals surface area contributed by atoms with Gasteiger partial charge in [0.1, 0.15) is 0 Å². The summed E-state index contributed by atoms with van der Waals surface area (Å²) in [6.07, 6.45) is -4.14. The third-order valence-corrected chi connectivity index (χ3v) is 4.14. The topological polar surface area (TPSA) is 71.4 Å². The molecule has 1 unspecified atom stereocenters. The molecule has 0 saturated carbocycles. The molecule has 144 valence electrons. The van der Waals surface area contributed by atoms with Crippen LogP contribution in [0, 0.1) is 0 Å². The van der Waals surface area contributed by atoms with Crippen molar-refractivity contribution < 1.29 is 32.5 Å². The monoisotopic (exact) mass is 374 g/mol. The van der Waals surface area contributed by atoms with E-state index in [0.717, 1.165) is 6.42 Å². The highest BCUT2D eigenvalue weighted by molar-refractivity contribution is 5.98. The summed E-state index contributed by atoms with van der Waals surface area (Å²) < 4.78 is 50.5. The third kappa shape index (κ3) is 3.62. The first-order valence-corrected chi connectivity index (χ1v) is 8.10. The van der Waals surface area contributed by atoms with Crippen molar-refractivity contribution in [2.75, 3.05) is 14.2 Å². The minimum Gasteiger partial charge on any atom is -0.493 e. The number of ether oxygens (including phenoxy) is 2. The van der Waals surface area contributed by atoms with Crippen molar-refractivity contribution in [1.82, 2.24) is 5.01 Å². The Morgan fingerprint density at radius 1 is 1.31 bits per heavy atom. The fourth-order valence-corrected chi connectivity index (χ4v) is 2.66. The quantitative estimate of drug-likeness (QED) is 0.829. The van der Waals surface area contributed by atoms with E-state index in [1.807, 2.05) is 6.92 Å². The maximum atomic E-state index is 13.5. The molecule has 0 fully saturated rings. The Hall–Kier alpha value is -2.29. The van der Waals surface area contributed by atoms with Gasteiger partial charge >= 0.3 is 6.18 Å². The van der Waals surface area contributed by atoms with Gasteiger partial charge in [-0.2, -0.15) is 23.3 Å². The van der Waals surface area contributed by atoms with E-state index in [9.17, 15) is 23.1 Å². The molecule has 1 amide bonds. The second kappa shape index (κ2) is 7.53. The summed E-state index contributed by atoms with van der Waals surface area (Å²) in [5.41, 5.74) is -3.33. The van der Waals surface area contributed by atoms with Crippen LogP contribution in [0.15, 0.2) is 23.3 Å². The lowest BCUT2D eigenvalue weighted by Gasteiger charge is -2.32. The van der Waals surface area contributed by atoms with E-state index in [2.05, 4.69) is 5.10 Å². The number of nitrogens with zero attached hydrogens (tertiary/aromatic N) is 2. The summed E-state index contributed by atoms with van der Waals surface area (Å²) in [4.78, 5) is 12.7. The molecule has 1 heterocycles. The van der Waals surface area contributed by atoms with Gasteiger partial charge in [-0.15, -0.1) is 0 Å². The Labute approximate surface area is 149 Å². The standard InChI is InChI=1S/C17H21F3N2O4/c1-4-5-6-12-10-16(24,17(18,19)20)22(21-12)15(23)11-7-8-13(25-2)14(9-11)26-3/h7-9,24H,4-6,10H2,1-3H3. The smallest absolute Gasteiger partial charge is 0.438 e. The Balaban J connectivity index is 2.41. The summed E-state index contributed by atoms with van der Waals surface area (Å²) >= 11 is 0. The molecule has 1 aromatic carbocycles. The van der Waals surface area contributed by atoms with E-state index in [0.29, 0.717) is 12.2 Å². The lowest BCUT2D eigenvalue weighted by atomic mass is 10.0. The first-order chi connectivity index (χ1) is 12.2. The number of rotatable bonds is 6. The SMILES string of the molecule is CCCCC1=NN(C(=O)c2ccc(OC)c(OC)c2)C(O)(C(F)(F)F)C1. The first-order valence-electron chi connectivity index (χ1n) is 8.10. The highest BCUT2D eigenvalue weighted by atomic mass is 19.4. The lowest BCUT2D eigenvalue weighted by Crippen LogP contribution is -2.56. The second-order valence-electron chi connectivity index (χ2n) is 5.95. The fourth-order valence-electron chi connectivity index (χ4n) is 2.66. The Bertz CT molecular complexity index is 706. The van der Waals surface area contributed by atoms with Gasteiger partial charge in [0.2, 0.25) is 0 Å². The Kier molecular flexibility index (Phi) is 5.80.